The normalized spacial score (nSPS) is 12.8. The fourth-order valence-corrected chi connectivity index (χ4v) is 2.43. The molecule has 2 heterocycles. The summed E-state index contributed by atoms with van der Waals surface area (Å²) in [4.78, 5) is 15.9. The first-order valence-corrected chi connectivity index (χ1v) is 6.75. The van der Waals surface area contributed by atoms with Crippen LogP contribution in [0.5, 0.6) is 11.5 Å². The fraction of sp³-hybridized carbons (Fsp3) is 0.0667. The lowest BCUT2D eigenvalue weighted by molar-refractivity contribution is 0.104. The Labute approximate surface area is 124 Å². The summed E-state index contributed by atoms with van der Waals surface area (Å²) in [5.41, 5.74) is 1.42. The van der Waals surface area contributed by atoms with Crippen molar-refractivity contribution in [3.05, 3.63) is 58.3 Å². The number of carbonyl (C=O) groups is 1. The summed E-state index contributed by atoms with van der Waals surface area (Å²) in [5, 5.41) is 0. The van der Waals surface area contributed by atoms with Crippen LogP contribution in [0.4, 0.5) is 0 Å². The van der Waals surface area contributed by atoms with Crippen molar-refractivity contribution in [2.45, 2.75) is 0 Å². The Morgan fingerprint density at radius 2 is 2.25 bits per heavy atom. The lowest BCUT2D eigenvalue weighted by Crippen LogP contribution is -1.94. The van der Waals surface area contributed by atoms with Crippen LogP contribution in [0.3, 0.4) is 0 Å². The SMILES string of the molecule is O=C(/C=C/c1cc(Br)c2c(c1)OCO2)c1cccnc1. The molecule has 1 aliphatic heterocycles. The molecule has 0 atom stereocenters. The summed E-state index contributed by atoms with van der Waals surface area (Å²) in [6.07, 6.45) is 6.43. The summed E-state index contributed by atoms with van der Waals surface area (Å²) < 4.78 is 11.4. The Morgan fingerprint density at radius 1 is 1.35 bits per heavy atom. The largest absolute Gasteiger partial charge is 0.454 e. The summed E-state index contributed by atoms with van der Waals surface area (Å²) in [6, 6.07) is 7.17. The number of allylic oxidation sites excluding steroid dienone is 1. The number of fused-ring (bicyclic) bond motifs is 1. The third kappa shape index (κ3) is 2.58. The van der Waals surface area contributed by atoms with Gasteiger partial charge in [0.1, 0.15) is 0 Å². The van der Waals surface area contributed by atoms with E-state index in [0.717, 1.165) is 10.0 Å². The zero-order chi connectivity index (χ0) is 13.9. The molecule has 0 unspecified atom stereocenters. The van der Waals surface area contributed by atoms with E-state index in [4.69, 9.17) is 9.47 Å². The molecule has 3 rings (SSSR count). The summed E-state index contributed by atoms with van der Waals surface area (Å²) >= 11 is 3.42. The first kappa shape index (κ1) is 12.9. The molecule has 20 heavy (non-hydrogen) atoms. The van der Waals surface area contributed by atoms with Crippen LogP contribution in [0.1, 0.15) is 15.9 Å². The summed E-state index contributed by atoms with van der Waals surface area (Å²) in [5.74, 6) is 1.28. The zero-order valence-corrected chi connectivity index (χ0v) is 12.0. The van der Waals surface area contributed by atoms with Gasteiger partial charge in [-0.2, -0.15) is 0 Å². The van der Waals surface area contributed by atoms with Gasteiger partial charge in [0.25, 0.3) is 0 Å². The molecule has 0 saturated heterocycles. The number of benzene rings is 1. The molecular formula is C15H10BrNO3. The highest BCUT2D eigenvalue weighted by Crippen LogP contribution is 2.40. The number of pyridine rings is 1. The lowest BCUT2D eigenvalue weighted by Gasteiger charge is -2.01. The molecule has 2 aromatic rings. The minimum Gasteiger partial charge on any atom is -0.454 e. The van der Waals surface area contributed by atoms with Crippen molar-refractivity contribution in [3.8, 4) is 11.5 Å². The van der Waals surface area contributed by atoms with Gasteiger partial charge in [-0.15, -0.1) is 0 Å². The van der Waals surface area contributed by atoms with Crippen molar-refractivity contribution in [1.82, 2.24) is 4.98 Å². The highest BCUT2D eigenvalue weighted by Gasteiger charge is 2.17. The molecule has 4 nitrogen and oxygen atoms in total. The van der Waals surface area contributed by atoms with Gasteiger partial charge >= 0.3 is 0 Å². The zero-order valence-electron chi connectivity index (χ0n) is 10.4. The molecule has 1 aromatic heterocycles. The van der Waals surface area contributed by atoms with E-state index in [1.807, 2.05) is 12.1 Å². The Kier molecular flexibility index (Phi) is 3.52. The van der Waals surface area contributed by atoms with Gasteiger partial charge in [-0.3, -0.25) is 9.78 Å². The molecule has 0 radical (unpaired) electrons. The number of nitrogens with zero attached hydrogens (tertiary/aromatic N) is 1. The fourth-order valence-electron chi connectivity index (χ4n) is 1.86. The third-order valence-corrected chi connectivity index (χ3v) is 3.41. The first-order valence-electron chi connectivity index (χ1n) is 5.95. The van der Waals surface area contributed by atoms with E-state index in [1.54, 1.807) is 30.6 Å². The van der Waals surface area contributed by atoms with Gasteiger partial charge in [0.15, 0.2) is 17.3 Å². The van der Waals surface area contributed by atoms with Crippen molar-refractivity contribution in [1.29, 1.82) is 0 Å². The number of ether oxygens (including phenoxy) is 2. The molecule has 1 aliphatic rings. The van der Waals surface area contributed by atoms with Crippen LogP contribution in [0.2, 0.25) is 0 Å². The molecule has 0 spiro atoms. The maximum atomic E-state index is 11.9. The number of hydrogen-bond donors (Lipinski definition) is 0. The number of rotatable bonds is 3. The standard InChI is InChI=1S/C15H10BrNO3/c16-12-6-10(7-14-15(12)20-9-19-14)3-4-13(18)11-2-1-5-17-8-11/h1-8H,9H2/b4-3+. The molecular weight excluding hydrogens is 322 g/mol. The highest BCUT2D eigenvalue weighted by atomic mass is 79.9. The minimum absolute atomic E-state index is 0.0908. The van der Waals surface area contributed by atoms with Crippen LogP contribution in [-0.2, 0) is 0 Å². The van der Waals surface area contributed by atoms with E-state index in [2.05, 4.69) is 20.9 Å². The molecule has 0 N–H and O–H groups in total. The Hall–Kier alpha value is -2.14. The van der Waals surface area contributed by atoms with Gasteiger partial charge in [-0.25, -0.2) is 0 Å². The lowest BCUT2D eigenvalue weighted by atomic mass is 10.1. The van der Waals surface area contributed by atoms with Crippen molar-refractivity contribution in [3.63, 3.8) is 0 Å². The predicted molar refractivity (Wildman–Crippen MR) is 77.9 cm³/mol. The van der Waals surface area contributed by atoms with Gasteiger partial charge in [0.05, 0.1) is 4.47 Å². The second-order valence-electron chi connectivity index (χ2n) is 4.18. The van der Waals surface area contributed by atoms with E-state index in [-0.39, 0.29) is 12.6 Å². The highest BCUT2D eigenvalue weighted by molar-refractivity contribution is 9.10. The molecule has 0 amide bonds. The van der Waals surface area contributed by atoms with E-state index in [9.17, 15) is 4.79 Å². The van der Waals surface area contributed by atoms with Crippen LogP contribution in [-0.4, -0.2) is 17.6 Å². The van der Waals surface area contributed by atoms with Crippen LogP contribution in [0, 0.1) is 0 Å². The van der Waals surface area contributed by atoms with Gasteiger partial charge in [0, 0.05) is 18.0 Å². The van der Waals surface area contributed by atoms with Gasteiger partial charge in [-0.05, 0) is 51.8 Å². The Balaban J connectivity index is 1.83. The number of carbonyl (C=O) groups excluding carboxylic acids is 1. The van der Waals surface area contributed by atoms with Crippen LogP contribution >= 0.6 is 15.9 Å². The maximum Gasteiger partial charge on any atom is 0.231 e. The van der Waals surface area contributed by atoms with E-state index in [1.165, 1.54) is 6.08 Å². The molecule has 1 aromatic carbocycles. The summed E-state index contributed by atoms with van der Waals surface area (Å²) in [6.45, 7) is 0.218. The Bertz CT molecular complexity index is 683. The Morgan fingerprint density at radius 3 is 3.05 bits per heavy atom. The molecule has 0 fully saturated rings. The van der Waals surface area contributed by atoms with Crippen LogP contribution in [0.25, 0.3) is 6.08 Å². The second-order valence-corrected chi connectivity index (χ2v) is 5.03. The van der Waals surface area contributed by atoms with Crippen molar-refractivity contribution >= 4 is 27.8 Å². The average Bonchev–Trinajstić information content (AvgIpc) is 2.94. The number of ketones is 1. The van der Waals surface area contributed by atoms with Crippen molar-refractivity contribution < 1.29 is 14.3 Å². The summed E-state index contributed by atoms with van der Waals surface area (Å²) in [7, 11) is 0. The number of halogens is 1. The van der Waals surface area contributed by atoms with Crippen LogP contribution in [0.15, 0.2) is 47.2 Å². The third-order valence-electron chi connectivity index (χ3n) is 2.82. The first-order chi connectivity index (χ1) is 9.74. The quantitative estimate of drug-likeness (QED) is 0.638. The molecule has 0 saturated carbocycles. The van der Waals surface area contributed by atoms with E-state index in [0.29, 0.717) is 17.1 Å². The van der Waals surface area contributed by atoms with Gasteiger partial charge in [0.2, 0.25) is 6.79 Å². The molecule has 5 heteroatoms. The maximum absolute atomic E-state index is 11.9. The predicted octanol–water partition coefficient (Wildman–Crippen LogP) is 3.47. The number of aromatic nitrogens is 1. The van der Waals surface area contributed by atoms with Gasteiger partial charge < -0.3 is 9.47 Å². The van der Waals surface area contributed by atoms with E-state index >= 15 is 0 Å². The smallest absolute Gasteiger partial charge is 0.231 e. The van der Waals surface area contributed by atoms with Crippen molar-refractivity contribution in [2.24, 2.45) is 0 Å². The van der Waals surface area contributed by atoms with E-state index < -0.39 is 0 Å². The van der Waals surface area contributed by atoms with Gasteiger partial charge in [-0.1, -0.05) is 6.08 Å². The molecule has 0 bridgehead atoms. The topological polar surface area (TPSA) is 48.4 Å². The monoisotopic (exact) mass is 331 g/mol. The minimum atomic E-state index is -0.0908. The average molecular weight is 332 g/mol. The van der Waals surface area contributed by atoms with Crippen LogP contribution < -0.4 is 9.47 Å². The molecule has 100 valence electrons. The molecule has 0 aliphatic carbocycles. The number of hydrogen-bond acceptors (Lipinski definition) is 4. The second kappa shape index (κ2) is 5.46. The van der Waals surface area contributed by atoms with Crippen molar-refractivity contribution in [2.75, 3.05) is 6.79 Å².